The molecule has 3 atom stereocenters. The third-order valence-corrected chi connectivity index (χ3v) is 4.92. The van der Waals surface area contributed by atoms with Crippen LogP contribution in [-0.2, 0) is 9.47 Å². The Hall–Kier alpha value is -0.970. The van der Waals surface area contributed by atoms with Crippen molar-refractivity contribution in [1.29, 1.82) is 0 Å². The highest BCUT2D eigenvalue weighted by molar-refractivity contribution is 5.27. The number of ether oxygens (including phenoxy) is 2. The molecule has 0 aliphatic carbocycles. The van der Waals surface area contributed by atoms with Crippen LogP contribution in [0.2, 0.25) is 0 Å². The summed E-state index contributed by atoms with van der Waals surface area (Å²) in [6, 6.07) is 5.68. The van der Waals surface area contributed by atoms with Crippen LogP contribution in [-0.4, -0.2) is 32.5 Å². The van der Waals surface area contributed by atoms with Gasteiger partial charge in [0.2, 0.25) is 0 Å². The van der Waals surface area contributed by atoms with Gasteiger partial charge in [-0.3, -0.25) is 0 Å². The maximum Gasteiger partial charge on any atom is 0.126 e. The van der Waals surface area contributed by atoms with Gasteiger partial charge in [0.1, 0.15) is 5.82 Å². The standard InChI is InChI=1S/C17H24FNO2/c1-12-9-13(3-4-15(12)18)16(19-2)14-5-7-21-17(10-14)6-8-20-11-17/h3-4,9,14,16,19H,5-8,10-11H2,1-2H3. The van der Waals surface area contributed by atoms with Crippen LogP contribution in [0.3, 0.4) is 0 Å². The molecule has 2 saturated heterocycles. The average Bonchev–Trinajstić information content (AvgIpc) is 2.91. The Morgan fingerprint density at radius 3 is 2.90 bits per heavy atom. The first-order valence-corrected chi connectivity index (χ1v) is 7.79. The quantitative estimate of drug-likeness (QED) is 0.929. The number of benzene rings is 1. The average molecular weight is 293 g/mol. The predicted molar refractivity (Wildman–Crippen MR) is 79.8 cm³/mol. The molecule has 1 N–H and O–H groups in total. The lowest BCUT2D eigenvalue weighted by Gasteiger charge is -2.40. The van der Waals surface area contributed by atoms with Crippen LogP contribution in [0.25, 0.3) is 0 Å². The van der Waals surface area contributed by atoms with Crippen molar-refractivity contribution in [1.82, 2.24) is 5.32 Å². The lowest BCUT2D eigenvalue weighted by Crippen LogP contribution is -2.43. The molecule has 2 heterocycles. The summed E-state index contributed by atoms with van der Waals surface area (Å²) in [7, 11) is 1.98. The minimum Gasteiger partial charge on any atom is -0.378 e. The number of nitrogens with one attached hydrogen (secondary N) is 1. The first-order chi connectivity index (χ1) is 10.1. The largest absolute Gasteiger partial charge is 0.378 e. The highest BCUT2D eigenvalue weighted by Crippen LogP contribution is 2.41. The van der Waals surface area contributed by atoms with Gasteiger partial charge in [0.15, 0.2) is 0 Å². The number of rotatable bonds is 3. The maximum atomic E-state index is 13.5. The van der Waals surface area contributed by atoms with E-state index >= 15 is 0 Å². The van der Waals surface area contributed by atoms with Gasteiger partial charge in [-0.05, 0) is 49.9 Å². The first-order valence-electron chi connectivity index (χ1n) is 7.79. The molecule has 0 amide bonds. The Bertz CT molecular complexity index is 500. The summed E-state index contributed by atoms with van der Waals surface area (Å²) in [5.74, 6) is 0.358. The van der Waals surface area contributed by atoms with E-state index in [0.29, 0.717) is 18.1 Å². The van der Waals surface area contributed by atoms with E-state index in [1.54, 1.807) is 6.07 Å². The molecule has 1 aromatic carbocycles. The van der Waals surface area contributed by atoms with Crippen LogP contribution in [0.15, 0.2) is 18.2 Å². The lowest BCUT2D eigenvalue weighted by atomic mass is 9.79. The summed E-state index contributed by atoms with van der Waals surface area (Å²) in [6.07, 6.45) is 3.03. The third kappa shape index (κ3) is 2.98. The van der Waals surface area contributed by atoms with Gasteiger partial charge in [-0.2, -0.15) is 0 Å². The SMILES string of the molecule is CNC(c1ccc(F)c(C)c1)C1CCOC2(CCOC2)C1. The van der Waals surface area contributed by atoms with E-state index in [1.807, 2.05) is 26.1 Å². The molecular formula is C17H24FNO2. The molecule has 0 aromatic heterocycles. The molecule has 0 radical (unpaired) electrons. The van der Waals surface area contributed by atoms with Crippen molar-refractivity contribution in [2.75, 3.05) is 26.9 Å². The van der Waals surface area contributed by atoms with Crippen molar-refractivity contribution in [3.63, 3.8) is 0 Å². The van der Waals surface area contributed by atoms with E-state index < -0.39 is 0 Å². The van der Waals surface area contributed by atoms with Crippen LogP contribution in [0.1, 0.15) is 36.4 Å². The molecular weight excluding hydrogens is 269 g/mol. The zero-order valence-electron chi connectivity index (χ0n) is 12.8. The topological polar surface area (TPSA) is 30.5 Å². The van der Waals surface area contributed by atoms with Gasteiger partial charge in [-0.15, -0.1) is 0 Å². The number of halogens is 1. The van der Waals surface area contributed by atoms with E-state index in [2.05, 4.69) is 5.32 Å². The molecule has 3 nitrogen and oxygen atoms in total. The van der Waals surface area contributed by atoms with Crippen molar-refractivity contribution in [2.45, 2.75) is 37.8 Å². The van der Waals surface area contributed by atoms with E-state index in [-0.39, 0.29) is 17.5 Å². The minimum absolute atomic E-state index is 0.0902. The molecule has 3 unspecified atom stereocenters. The van der Waals surface area contributed by atoms with Gasteiger partial charge >= 0.3 is 0 Å². The lowest BCUT2D eigenvalue weighted by molar-refractivity contribution is -0.103. The predicted octanol–water partition coefficient (Wildman–Crippen LogP) is 2.98. The minimum atomic E-state index is -0.138. The molecule has 1 spiro atoms. The van der Waals surface area contributed by atoms with Crippen molar-refractivity contribution in [3.05, 3.63) is 35.1 Å². The fraction of sp³-hybridized carbons (Fsp3) is 0.647. The van der Waals surface area contributed by atoms with E-state index in [0.717, 1.165) is 38.0 Å². The van der Waals surface area contributed by atoms with Crippen molar-refractivity contribution in [2.24, 2.45) is 5.92 Å². The van der Waals surface area contributed by atoms with Gasteiger partial charge in [0.05, 0.1) is 12.2 Å². The molecule has 1 aromatic rings. The zero-order chi connectivity index (χ0) is 14.9. The van der Waals surface area contributed by atoms with Crippen LogP contribution < -0.4 is 5.32 Å². The molecule has 2 aliphatic rings. The summed E-state index contributed by atoms with van der Waals surface area (Å²) >= 11 is 0. The second-order valence-corrected chi connectivity index (χ2v) is 6.36. The second kappa shape index (κ2) is 6.03. The van der Waals surface area contributed by atoms with Crippen LogP contribution in [0.5, 0.6) is 0 Å². The first kappa shape index (κ1) is 14.9. The number of hydrogen-bond donors (Lipinski definition) is 1. The number of aryl methyl sites for hydroxylation is 1. The Kier molecular flexibility index (Phi) is 4.29. The molecule has 0 bridgehead atoms. The summed E-state index contributed by atoms with van der Waals surface area (Å²) in [6.45, 7) is 4.11. The second-order valence-electron chi connectivity index (χ2n) is 6.36. The maximum absolute atomic E-state index is 13.5. The fourth-order valence-corrected chi connectivity index (χ4v) is 3.75. The van der Waals surface area contributed by atoms with Crippen LogP contribution >= 0.6 is 0 Å². The molecule has 21 heavy (non-hydrogen) atoms. The van der Waals surface area contributed by atoms with Gasteiger partial charge in [-0.1, -0.05) is 12.1 Å². The van der Waals surface area contributed by atoms with Crippen molar-refractivity contribution < 1.29 is 13.9 Å². The Morgan fingerprint density at radius 2 is 2.24 bits per heavy atom. The van der Waals surface area contributed by atoms with Gasteiger partial charge in [-0.25, -0.2) is 4.39 Å². The van der Waals surface area contributed by atoms with Gasteiger partial charge in [0.25, 0.3) is 0 Å². The molecule has 3 rings (SSSR count). The molecule has 4 heteroatoms. The highest BCUT2D eigenvalue weighted by atomic mass is 19.1. The van der Waals surface area contributed by atoms with E-state index in [4.69, 9.17) is 9.47 Å². The highest BCUT2D eigenvalue weighted by Gasteiger charge is 2.43. The van der Waals surface area contributed by atoms with E-state index in [9.17, 15) is 4.39 Å². The number of hydrogen-bond acceptors (Lipinski definition) is 3. The van der Waals surface area contributed by atoms with Gasteiger partial charge < -0.3 is 14.8 Å². The Morgan fingerprint density at radius 1 is 1.38 bits per heavy atom. The summed E-state index contributed by atoms with van der Waals surface area (Å²) in [5.41, 5.74) is 1.78. The molecule has 2 fully saturated rings. The Labute approximate surface area is 125 Å². The summed E-state index contributed by atoms with van der Waals surface area (Å²) in [4.78, 5) is 0. The zero-order valence-corrected chi connectivity index (χ0v) is 12.8. The normalized spacial score (nSPS) is 30.7. The monoisotopic (exact) mass is 293 g/mol. The summed E-state index contributed by atoms with van der Waals surface area (Å²) in [5, 5.41) is 3.42. The van der Waals surface area contributed by atoms with Gasteiger partial charge in [0, 0.05) is 25.7 Å². The van der Waals surface area contributed by atoms with Crippen LogP contribution in [0.4, 0.5) is 4.39 Å². The Balaban J connectivity index is 1.80. The molecule has 116 valence electrons. The van der Waals surface area contributed by atoms with Crippen molar-refractivity contribution >= 4 is 0 Å². The van der Waals surface area contributed by atoms with Crippen molar-refractivity contribution in [3.8, 4) is 0 Å². The summed E-state index contributed by atoms with van der Waals surface area (Å²) < 4.78 is 25.1. The fourth-order valence-electron chi connectivity index (χ4n) is 3.75. The smallest absolute Gasteiger partial charge is 0.126 e. The van der Waals surface area contributed by atoms with Crippen LogP contribution in [0, 0.1) is 18.7 Å². The molecule has 0 saturated carbocycles. The molecule has 2 aliphatic heterocycles. The third-order valence-electron chi connectivity index (χ3n) is 4.92. The van der Waals surface area contributed by atoms with E-state index in [1.165, 1.54) is 0 Å².